The van der Waals surface area contributed by atoms with Crippen molar-refractivity contribution in [1.82, 2.24) is 5.32 Å². The van der Waals surface area contributed by atoms with Crippen LogP contribution in [0.25, 0.3) is 20.9 Å². The highest BCUT2D eigenvalue weighted by atomic mass is 32.1. The van der Waals surface area contributed by atoms with E-state index in [1.165, 1.54) is 9.75 Å². The molecule has 1 aliphatic heterocycles. The van der Waals surface area contributed by atoms with Crippen molar-refractivity contribution in [2.24, 2.45) is 0 Å². The third kappa shape index (κ3) is 2.24. The van der Waals surface area contributed by atoms with Gasteiger partial charge in [-0.25, -0.2) is 0 Å². The molecule has 0 unspecified atom stereocenters. The molecule has 5 heteroatoms. The van der Waals surface area contributed by atoms with Gasteiger partial charge in [0.05, 0.1) is 11.1 Å². The van der Waals surface area contributed by atoms with Crippen molar-refractivity contribution in [3.8, 4) is 20.9 Å². The fourth-order valence-corrected chi connectivity index (χ4v) is 4.67. The molecule has 3 aromatic rings. The molecule has 3 nitrogen and oxygen atoms in total. The van der Waals surface area contributed by atoms with Crippen LogP contribution in [-0.2, 0) is 0 Å². The molecule has 2 aromatic heterocycles. The van der Waals surface area contributed by atoms with E-state index in [9.17, 15) is 9.59 Å². The molecule has 3 heterocycles. The van der Waals surface area contributed by atoms with Crippen LogP contribution in [0.5, 0.6) is 0 Å². The maximum Gasteiger partial charge on any atom is 0.259 e. The number of amides is 2. The largest absolute Gasteiger partial charge is 0.288 e. The van der Waals surface area contributed by atoms with Gasteiger partial charge in [-0.05, 0) is 38.1 Å². The van der Waals surface area contributed by atoms with Crippen LogP contribution >= 0.6 is 22.7 Å². The number of nitrogens with one attached hydrogen (secondary N) is 1. The van der Waals surface area contributed by atoms with Gasteiger partial charge in [0.2, 0.25) is 0 Å². The van der Waals surface area contributed by atoms with Gasteiger partial charge in [0, 0.05) is 30.6 Å². The van der Waals surface area contributed by atoms with Gasteiger partial charge in [0.25, 0.3) is 11.8 Å². The van der Waals surface area contributed by atoms with Crippen molar-refractivity contribution in [3.63, 3.8) is 0 Å². The van der Waals surface area contributed by atoms with Crippen molar-refractivity contribution in [3.05, 3.63) is 57.3 Å². The van der Waals surface area contributed by atoms with Crippen LogP contribution < -0.4 is 5.32 Å². The number of rotatable bonds is 2. The molecular weight excluding hydrogens is 326 g/mol. The van der Waals surface area contributed by atoms with Gasteiger partial charge in [-0.15, -0.1) is 22.7 Å². The van der Waals surface area contributed by atoms with Crippen LogP contribution in [0.1, 0.15) is 30.5 Å². The number of imide groups is 1. The number of fused-ring (bicyclic) bond motifs is 1. The molecule has 0 aliphatic carbocycles. The molecule has 23 heavy (non-hydrogen) atoms. The monoisotopic (exact) mass is 339 g/mol. The summed E-state index contributed by atoms with van der Waals surface area (Å²) in [6, 6.07) is 12.0. The van der Waals surface area contributed by atoms with Crippen molar-refractivity contribution >= 4 is 34.5 Å². The highest BCUT2D eigenvalue weighted by molar-refractivity contribution is 7.15. The minimum Gasteiger partial charge on any atom is -0.288 e. The number of carbonyl (C=O) groups excluding carboxylic acids is 2. The third-order valence-corrected chi connectivity index (χ3v) is 5.97. The SMILES string of the molecule is Cc1ccc(-c2ccc(-c3ccc(C)s3)c3c2C(=O)NC3=O)s1. The summed E-state index contributed by atoms with van der Waals surface area (Å²) in [5.74, 6) is -0.609. The molecule has 2 amide bonds. The van der Waals surface area contributed by atoms with Crippen LogP contribution in [-0.4, -0.2) is 11.8 Å². The first kappa shape index (κ1) is 14.4. The molecule has 1 N–H and O–H groups in total. The van der Waals surface area contributed by atoms with Gasteiger partial charge in [-0.1, -0.05) is 12.1 Å². The van der Waals surface area contributed by atoms with Gasteiger partial charge in [-0.3, -0.25) is 14.9 Å². The van der Waals surface area contributed by atoms with Gasteiger partial charge in [0.15, 0.2) is 0 Å². The Morgan fingerprint density at radius 3 is 1.48 bits per heavy atom. The molecule has 0 radical (unpaired) electrons. The first-order chi connectivity index (χ1) is 11.0. The van der Waals surface area contributed by atoms with Crippen molar-refractivity contribution in [2.45, 2.75) is 13.8 Å². The standard InChI is InChI=1S/C18H13NO2S2/c1-9-3-7-13(22-9)11-5-6-12(14-8-4-10(2)23-14)16-15(11)17(20)19-18(16)21/h3-8H,1-2H3,(H,19,20,21). The lowest BCUT2D eigenvalue weighted by molar-refractivity contribution is 0.0880. The molecule has 114 valence electrons. The summed E-state index contributed by atoms with van der Waals surface area (Å²) in [5, 5.41) is 2.45. The molecule has 4 rings (SSSR count). The Balaban J connectivity index is 1.99. The second-order valence-corrected chi connectivity index (χ2v) is 8.09. The molecular formula is C18H13NO2S2. The average Bonchev–Trinajstić information content (AvgIpc) is 3.20. The zero-order valence-corrected chi connectivity index (χ0v) is 14.2. The average molecular weight is 339 g/mol. The molecule has 0 fully saturated rings. The fraction of sp³-hybridized carbons (Fsp3) is 0.111. The second-order valence-electron chi connectivity index (χ2n) is 5.51. The van der Waals surface area contributed by atoms with Gasteiger partial charge < -0.3 is 0 Å². The van der Waals surface area contributed by atoms with Gasteiger partial charge >= 0.3 is 0 Å². The predicted octanol–water partition coefficient (Wildman–Crippen LogP) is 4.64. The number of hydrogen-bond acceptors (Lipinski definition) is 4. The van der Waals surface area contributed by atoms with E-state index < -0.39 is 0 Å². The van der Waals surface area contributed by atoms with E-state index in [0.717, 1.165) is 20.9 Å². The summed E-state index contributed by atoms with van der Waals surface area (Å²) in [6.07, 6.45) is 0. The molecule has 0 bridgehead atoms. The number of benzene rings is 1. The van der Waals surface area contributed by atoms with Crippen molar-refractivity contribution in [1.29, 1.82) is 0 Å². The van der Waals surface area contributed by atoms with Gasteiger partial charge in [0.1, 0.15) is 0 Å². The zero-order chi connectivity index (χ0) is 16.1. The summed E-state index contributed by atoms with van der Waals surface area (Å²) >= 11 is 3.25. The Hall–Kier alpha value is -2.24. The summed E-state index contributed by atoms with van der Waals surface area (Å²) in [6.45, 7) is 4.06. The summed E-state index contributed by atoms with van der Waals surface area (Å²) < 4.78 is 0. The van der Waals surface area contributed by atoms with E-state index in [2.05, 4.69) is 5.32 Å². The molecule has 0 spiro atoms. The highest BCUT2D eigenvalue weighted by Gasteiger charge is 2.33. The van der Waals surface area contributed by atoms with E-state index >= 15 is 0 Å². The summed E-state index contributed by atoms with van der Waals surface area (Å²) in [4.78, 5) is 29.1. The Kier molecular flexibility index (Phi) is 3.21. The summed E-state index contributed by atoms with van der Waals surface area (Å²) in [5.41, 5.74) is 2.66. The third-order valence-electron chi connectivity index (χ3n) is 3.90. The van der Waals surface area contributed by atoms with Crippen molar-refractivity contribution < 1.29 is 9.59 Å². The number of carbonyl (C=O) groups is 2. The minimum atomic E-state index is -0.304. The number of thiophene rings is 2. The molecule has 0 saturated carbocycles. The summed E-state index contributed by atoms with van der Waals surface area (Å²) in [7, 11) is 0. The molecule has 1 aliphatic rings. The smallest absolute Gasteiger partial charge is 0.259 e. The predicted molar refractivity (Wildman–Crippen MR) is 94.3 cm³/mol. The Labute approximate surface area is 141 Å². The lowest BCUT2D eigenvalue weighted by Gasteiger charge is -2.08. The first-order valence-corrected chi connectivity index (χ1v) is 8.84. The lowest BCUT2D eigenvalue weighted by atomic mass is 9.95. The van der Waals surface area contributed by atoms with Crippen LogP contribution in [0.4, 0.5) is 0 Å². The van der Waals surface area contributed by atoms with Crippen molar-refractivity contribution in [2.75, 3.05) is 0 Å². The number of hydrogen-bond donors (Lipinski definition) is 1. The lowest BCUT2D eigenvalue weighted by Crippen LogP contribution is -2.20. The van der Waals surface area contributed by atoms with Crippen LogP contribution in [0.2, 0.25) is 0 Å². The molecule has 0 atom stereocenters. The zero-order valence-electron chi connectivity index (χ0n) is 12.6. The van der Waals surface area contributed by atoms with E-state index in [1.54, 1.807) is 22.7 Å². The second kappa shape index (κ2) is 5.15. The Morgan fingerprint density at radius 1 is 0.696 bits per heavy atom. The topological polar surface area (TPSA) is 46.2 Å². The Morgan fingerprint density at radius 2 is 1.13 bits per heavy atom. The van der Waals surface area contributed by atoms with Crippen LogP contribution in [0, 0.1) is 13.8 Å². The fourth-order valence-electron chi connectivity index (χ4n) is 2.87. The van der Waals surface area contributed by atoms with Crippen LogP contribution in [0.15, 0.2) is 36.4 Å². The normalized spacial score (nSPS) is 13.3. The Bertz CT molecular complexity index is 888. The van der Waals surface area contributed by atoms with E-state index in [-0.39, 0.29) is 11.8 Å². The van der Waals surface area contributed by atoms with Gasteiger partial charge in [-0.2, -0.15) is 0 Å². The maximum absolute atomic E-state index is 12.3. The van der Waals surface area contributed by atoms with E-state index in [1.807, 2.05) is 50.2 Å². The minimum absolute atomic E-state index is 0.304. The number of aryl methyl sites for hydroxylation is 2. The molecule has 0 saturated heterocycles. The molecule has 1 aromatic carbocycles. The quantitative estimate of drug-likeness (QED) is 0.691. The van der Waals surface area contributed by atoms with E-state index in [4.69, 9.17) is 0 Å². The van der Waals surface area contributed by atoms with Crippen LogP contribution in [0.3, 0.4) is 0 Å². The highest BCUT2D eigenvalue weighted by Crippen LogP contribution is 2.40. The van der Waals surface area contributed by atoms with E-state index in [0.29, 0.717) is 11.1 Å². The maximum atomic E-state index is 12.3. The first-order valence-electron chi connectivity index (χ1n) is 7.21.